The van der Waals surface area contributed by atoms with Crippen LogP contribution in [0.1, 0.15) is 31.9 Å². The molecule has 1 unspecified atom stereocenters. The van der Waals surface area contributed by atoms with Crippen LogP contribution in [0.2, 0.25) is 0 Å². The lowest BCUT2D eigenvalue weighted by molar-refractivity contribution is 0.174. The van der Waals surface area contributed by atoms with Crippen molar-refractivity contribution in [3.05, 3.63) is 48.5 Å². The number of amides is 2. The Labute approximate surface area is 142 Å². The number of nitrogens with zero attached hydrogens (tertiary/aromatic N) is 3. The zero-order chi connectivity index (χ0) is 17.4. The number of rotatable bonds is 7. The van der Waals surface area contributed by atoms with Gasteiger partial charge < -0.3 is 15.3 Å². The maximum Gasteiger partial charge on any atom is 0.317 e. The summed E-state index contributed by atoms with van der Waals surface area (Å²) in [6.07, 6.45) is 5.90. The van der Waals surface area contributed by atoms with Gasteiger partial charge in [0.15, 0.2) is 0 Å². The Morgan fingerprint density at radius 1 is 1.17 bits per heavy atom. The second kappa shape index (κ2) is 8.98. The number of carbonyl (C=O) groups excluding carboxylic acids is 1. The summed E-state index contributed by atoms with van der Waals surface area (Å²) in [5, 5.41) is 12.0. The van der Waals surface area contributed by atoms with Gasteiger partial charge in [0.1, 0.15) is 6.33 Å². The molecule has 0 aliphatic rings. The van der Waals surface area contributed by atoms with Crippen molar-refractivity contribution in [1.29, 1.82) is 0 Å². The summed E-state index contributed by atoms with van der Waals surface area (Å²) >= 11 is 0. The van der Waals surface area contributed by atoms with E-state index in [0.29, 0.717) is 13.1 Å². The molecule has 2 amide bonds. The third-order valence-electron chi connectivity index (χ3n) is 3.80. The number of aromatic nitrogens is 2. The van der Waals surface area contributed by atoms with E-state index >= 15 is 0 Å². The van der Waals surface area contributed by atoms with Crippen molar-refractivity contribution in [2.24, 2.45) is 0 Å². The summed E-state index contributed by atoms with van der Waals surface area (Å²) in [6, 6.07) is 7.70. The lowest BCUT2D eigenvalue weighted by Gasteiger charge is -2.24. The Morgan fingerprint density at radius 2 is 1.83 bits per heavy atom. The quantitative estimate of drug-likeness (QED) is 0.819. The highest BCUT2D eigenvalue weighted by atomic mass is 16.3. The van der Waals surface area contributed by atoms with Gasteiger partial charge in [-0.05, 0) is 24.5 Å². The van der Waals surface area contributed by atoms with Crippen molar-refractivity contribution in [3.63, 3.8) is 0 Å². The summed E-state index contributed by atoms with van der Waals surface area (Å²) < 4.78 is 0. The number of carbonyl (C=O) groups is 1. The fourth-order valence-electron chi connectivity index (χ4n) is 2.48. The molecule has 0 saturated carbocycles. The van der Waals surface area contributed by atoms with E-state index in [-0.39, 0.29) is 18.7 Å². The molecule has 128 valence electrons. The Morgan fingerprint density at radius 3 is 2.42 bits per heavy atom. The Hall–Kier alpha value is -2.47. The predicted molar refractivity (Wildman–Crippen MR) is 93.4 cm³/mol. The van der Waals surface area contributed by atoms with Crippen molar-refractivity contribution in [2.75, 3.05) is 19.7 Å². The van der Waals surface area contributed by atoms with Crippen LogP contribution in [0.5, 0.6) is 0 Å². The van der Waals surface area contributed by atoms with Crippen molar-refractivity contribution in [1.82, 2.24) is 20.2 Å². The topological polar surface area (TPSA) is 78.4 Å². The second-order valence-corrected chi connectivity index (χ2v) is 5.63. The first kappa shape index (κ1) is 17.9. The highest BCUT2D eigenvalue weighted by Crippen LogP contribution is 2.20. The summed E-state index contributed by atoms with van der Waals surface area (Å²) in [5.41, 5.74) is 3.01. The van der Waals surface area contributed by atoms with Crippen LogP contribution in [0.15, 0.2) is 43.0 Å². The highest BCUT2D eigenvalue weighted by molar-refractivity contribution is 5.74. The molecule has 2 N–H and O–H groups in total. The monoisotopic (exact) mass is 328 g/mol. The zero-order valence-corrected chi connectivity index (χ0v) is 14.1. The van der Waals surface area contributed by atoms with Crippen LogP contribution in [0, 0.1) is 0 Å². The molecular weight excluding hydrogens is 304 g/mol. The second-order valence-electron chi connectivity index (χ2n) is 5.63. The molecule has 6 nitrogen and oxygen atoms in total. The maximum atomic E-state index is 12.3. The van der Waals surface area contributed by atoms with Gasteiger partial charge in [0.2, 0.25) is 0 Å². The average molecular weight is 328 g/mol. The highest BCUT2D eigenvalue weighted by Gasteiger charge is 2.15. The number of aliphatic hydroxyl groups excluding tert-OH is 1. The molecule has 6 heteroatoms. The van der Waals surface area contributed by atoms with E-state index in [1.807, 2.05) is 38.1 Å². The largest absolute Gasteiger partial charge is 0.395 e. The van der Waals surface area contributed by atoms with E-state index in [1.54, 1.807) is 17.3 Å². The predicted octanol–water partition coefficient (Wildman–Crippen LogP) is 2.62. The average Bonchev–Trinajstić information content (AvgIpc) is 2.62. The summed E-state index contributed by atoms with van der Waals surface area (Å²) in [6.45, 7) is 4.90. The van der Waals surface area contributed by atoms with Gasteiger partial charge in [0.25, 0.3) is 0 Å². The minimum absolute atomic E-state index is 0.0321. The third-order valence-corrected chi connectivity index (χ3v) is 3.80. The molecule has 2 aromatic rings. The molecule has 0 aliphatic heterocycles. The van der Waals surface area contributed by atoms with E-state index in [1.165, 1.54) is 6.33 Å². The lowest BCUT2D eigenvalue weighted by atomic mass is 10.0. The van der Waals surface area contributed by atoms with Crippen molar-refractivity contribution < 1.29 is 9.90 Å². The van der Waals surface area contributed by atoms with Crippen LogP contribution in [-0.2, 0) is 0 Å². The molecule has 1 atom stereocenters. The van der Waals surface area contributed by atoms with Gasteiger partial charge in [-0.15, -0.1) is 0 Å². The van der Waals surface area contributed by atoms with Gasteiger partial charge in [0.05, 0.1) is 12.6 Å². The SMILES string of the molecule is CCCN(CCO)C(=O)NC(C)c1ccc(-c2cncnc2)cc1. The first-order chi connectivity index (χ1) is 11.7. The number of aliphatic hydroxyl groups is 1. The first-order valence-electron chi connectivity index (χ1n) is 8.17. The smallest absolute Gasteiger partial charge is 0.317 e. The number of benzene rings is 1. The van der Waals surface area contributed by atoms with Gasteiger partial charge in [-0.3, -0.25) is 0 Å². The first-order valence-corrected chi connectivity index (χ1v) is 8.17. The number of nitrogens with one attached hydrogen (secondary N) is 1. The van der Waals surface area contributed by atoms with Gasteiger partial charge >= 0.3 is 6.03 Å². The molecule has 0 saturated heterocycles. The van der Waals surface area contributed by atoms with E-state index in [0.717, 1.165) is 23.1 Å². The van der Waals surface area contributed by atoms with Gasteiger partial charge in [-0.1, -0.05) is 31.2 Å². The van der Waals surface area contributed by atoms with E-state index in [2.05, 4.69) is 15.3 Å². The fraction of sp³-hybridized carbons (Fsp3) is 0.389. The molecule has 24 heavy (non-hydrogen) atoms. The third kappa shape index (κ3) is 4.76. The van der Waals surface area contributed by atoms with Crippen molar-refractivity contribution in [3.8, 4) is 11.1 Å². The molecule has 2 rings (SSSR count). The minimum atomic E-state index is -0.154. The minimum Gasteiger partial charge on any atom is -0.395 e. The molecule has 1 aromatic heterocycles. The molecule has 1 aromatic carbocycles. The molecule has 0 spiro atoms. The van der Waals surface area contributed by atoms with Gasteiger partial charge in [-0.25, -0.2) is 14.8 Å². The zero-order valence-electron chi connectivity index (χ0n) is 14.1. The van der Waals surface area contributed by atoms with E-state index in [9.17, 15) is 4.79 Å². The standard InChI is InChI=1S/C18H24N4O2/c1-3-8-22(9-10-23)18(24)21-14(2)15-4-6-16(7-5-15)17-11-19-13-20-12-17/h4-7,11-14,23H,3,8-10H2,1-2H3,(H,21,24). The summed E-state index contributed by atoms with van der Waals surface area (Å²) in [7, 11) is 0. The van der Waals surface area contributed by atoms with E-state index < -0.39 is 0 Å². The normalized spacial score (nSPS) is 11.8. The molecule has 0 bridgehead atoms. The van der Waals surface area contributed by atoms with Crippen molar-refractivity contribution in [2.45, 2.75) is 26.3 Å². The van der Waals surface area contributed by atoms with Crippen LogP contribution in [0.4, 0.5) is 4.79 Å². The lowest BCUT2D eigenvalue weighted by Crippen LogP contribution is -2.42. The fourth-order valence-corrected chi connectivity index (χ4v) is 2.48. The van der Waals surface area contributed by atoms with Crippen LogP contribution in [0.3, 0.4) is 0 Å². The summed E-state index contributed by atoms with van der Waals surface area (Å²) in [4.78, 5) is 22.0. The molecule has 1 heterocycles. The van der Waals surface area contributed by atoms with Crippen LogP contribution in [-0.4, -0.2) is 45.7 Å². The Balaban J connectivity index is 2.02. The molecule has 0 aliphatic carbocycles. The van der Waals surface area contributed by atoms with Crippen molar-refractivity contribution >= 4 is 6.03 Å². The van der Waals surface area contributed by atoms with Crippen LogP contribution >= 0.6 is 0 Å². The maximum absolute atomic E-state index is 12.3. The van der Waals surface area contributed by atoms with E-state index in [4.69, 9.17) is 5.11 Å². The van der Waals surface area contributed by atoms with Crippen LogP contribution in [0.25, 0.3) is 11.1 Å². The number of urea groups is 1. The number of hydrogen-bond donors (Lipinski definition) is 2. The van der Waals surface area contributed by atoms with Gasteiger partial charge in [0, 0.05) is 31.0 Å². The number of hydrogen-bond acceptors (Lipinski definition) is 4. The molecule has 0 radical (unpaired) electrons. The molecule has 0 fully saturated rings. The Kier molecular flexibility index (Phi) is 6.69. The molecular formula is C18H24N4O2. The summed E-state index contributed by atoms with van der Waals surface area (Å²) in [5.74, 6) is 0. The van der Waals surface area contributed by atoms with Gasteiger partial charge in [-0.2, -0.15) is 0 Å². The Bertz CT molecular complexity index is 625. The van der Waals surface area contributed by atoms with Crippen LogP contribution < -0.4 is 5.32 Å².